The van der Waals surface area contributed by atoms with Gasteiger partial charge in [0.2, 0.25) is 0 Å². The molecule has 0 unspecified atom stereocenters. The van der Waals surface area contributed by atoms with Crippen LogP contribution in [0, 0.1) is 13.0 Å². The molecule has 0 nitrogen and oxygen atoms in total. The number of rotatable bonds is 1. The highest BCUT2D eigenvalue weighted by Gasteiger charge is 1.94. The summed E-state index contributed by atoms with van der Waals surface area (Å²) in [5.41, 5.74) is 3.43. The Balaban J connectivity index is 2.48. The maximum atomic E-state index is 3.90. The van der Waals surface area contributed by atoms with E-state index in [4.69, 9.17) is 0 Å². The summed E-state index contributed by atoms with van der Waals surface area (Å²) in [6.45, 7) is 3.90. The molecule has 2 aromatic carbocycles. The van der Waals surface area contributed by atoms with E-state index in [0.29, 0.717) is 0 Å². The molecule has 2 rings (SSSR count). The molecule has 0 aromatic heterocycles. The molecule has 0 N–H and O–H groups in total. The fourth-order valence-electron chi connectivity index (χ4n) is 1.32. The second kappa shape index (κ2) is 3.44. The first-order valence-electron chi connectivity index (χ1n) is 4.25. The molecule has 0 bridgehead atoms. The predicted octanol–water partition coefficient (Wildman–Crippen LogP) is 3.34. The Morgan fingerprint density at radius 2 is 1.85 bits per heavy atom. The van der Waals surface area contributed by atoms with Crippen LogP contribution in [0.3, 0.4) is 0 Å². The molecular formula is C13H10. The van der Waals surface area contributed by atoms with Gasteiger partial charge in [0.1, 0.15) is 0 Å². The highest BCUT2D eigenvalue weighted by Crippen LogP contribution is 2.18. The first kappa shape index (κ1) is 8.06. The minimum absolute atomic E-state index is 1.04. The summed E-state index contributed by atoms with van der Waals surface area (Å²) in [4.78, 5) is 0. The summed E-state index contributed by atoms with van der Waals surface area (Å²) in [6, 6.07) is 19.2. The van der Waals surface area contributed by atoms with Gasteiger partial charge in [-0.3, -0.25) is 0 Å². The Labute approximate surface area is 78.9 Å². The van der Waals surface area contributed by atoms with Crippen molar-refractivity contribution in [2.24, 2.45) is 0 Å². The molecule has 0 saturated carbocycles. The van der Waals surface area contributed by atoms with Crippen LogP contribution in [-0.4, -0.2) is 0 Å². The van der Waals surface area contributed by atoms with Crippen LogP contribution in [0.25, 0.3) is 11.1 Å². The van der Waals surface area contributed by atoms with E-state index in [9.17, 15) is 0 Å². The number of hydrogen-bond donors (Lipinski definition) is 0. The first-order valence-corrected chi connectivity index (χ1v) is 4.25. The van der Waals surface area contributed by atoms with Crippen molar-refractivity contribution >= 4 is 0 Å². The van der Waals surface area contributed by atoms with E-state index >= 15 is 0 Å². The summed E-state index contributed by atoms with van der Waals surface area (Å²) in [5.74, 6) is 0. The van der Waals surface area contributed by atoms with Gasteiger partial charge in [-0.05, 0) is 35.7 Å². The number of benzene rings is 2. The topological polar surface area (TPSA) is 0 Å². The van der Waals surface area contributed by atoms with Crippen molar-refractivity contribution in [2.45, 2.75) is 0 Å². The third-order valence-electron chi connectivity index (χ3n) is 1.97. The molecule has 62 valence electrons. The van der Waals surface area contributed by atoms with E-state index in [-0.39, 0.29) is 0 Å². The average Bonchev–Trinajstić information content (AvgIpc) is 2.19. The van der Waals surface area contributed by atoms with Crippen molar-refractivity contribution in [1.82, 2.24) is 0 Å². The Morgan fingerprint density at radius 3 is 2.54 bits per heavy atom. The van der Waals surface area contributed by atoms with Gasteiger partial charge in [-0.2, -0.15) is 0 Å². The summed E-state index contributed by atoms with van der Waals surface area (Å²) in [5, 5.41) is 0. The minimum Gasteiger partial charge on any atom is -0.0614 e. The molecule has 0 aliphatic heterocycles. The standard InChI is InChI=1S/C13H10/c1-11-6-5-9-13(10-11)12-7-3-2-4-8-12/h2-3,5-10H,1H2. The molecule has 0 amide bonds. The zero-order chi connectivity index (χ0) is 9.10. The molecule has 0 fully saturated rings. The van der Waals surface area contributed by atoms with Crippen molar-refractivity contribution in [1.29, 1.82) is 0 Å². The summed E-state index contributed by atoms with van der Waals surface area (Å²) in [6.07, 6.45) is 0. The Bertz CT molecular complexity index is 388. The smallest absolute Gasteiger partial charge is 0.0178 e. The maximum absolute atomic E-state index is 3.90. The Morgan fingerprint density at radius 1 is 1.00 bits per heavy atom. The van der Waals surface area contributed by atoms with Gasteiger partial charge in [0.15, 0.2) is 0 Å². The molecule has 0 aliphatic rings. The highest BCUT2D eigenvalue weighted by atomic mass is 14.0. The van der Waals surface area contributed by atoms with Crippen LogP contribution in [0.5, 0.6) is 0 Å². The van der Waals surface area contributed by atoms with E-state index < -0.39 is 0 Å². The molecular weight excluding hydrogens is 156 g/mol. The van der Waals surface area contributed by atoms with E-state index in [1.165, 1.54) is 11.1 Å². The minimum atomic E-state index is 1.04. The molecule has 2 aromatic rings. The van der Waals surface area contributed by atoms with Gasteiger partial charge in [-0.25, -0.2) is 0 Å². The molecule has 0 aliphatic carbocycles. The lowest BCUT2D eigenvalue weighted by molar-refractivity contribution is 1.57. The lowest BCUT2D eigenvalue weighted by Gasteiger charge is -2.01. The van der Waals surface area contributed by atoms with E-state index in [0.717, 1.165) is 5.56 Å². The van der Waals surface area contributed by atoms with Gasteiger partial charge in [0.05, 0.1) is 0 Å². The van der Waals surface area contributed by atoms with Crippen LogP contribution in [0.2, 0.25) is 0 Å². The lowest BCUT2D eigenvalue weighted by atomic mass is 10.0. The van der Waals surface area contributed by atoms with Crippen LogP contribution >= 0.6 is 0 Å². The zero-order valence-corrected chi connectivity index (χ0v) is 7.33. The molecule has 0 spiro atoms. The highest BCUT2D eigenvalue weighted by molar-refractivity contribution is 5.63. The van der Waals surface area contributed by atoms with Crippen molar-refractivity contribution in [3.05, 3.63) is 67.1 Å². The van der Waals surface area contributed by atoms with Gasteiger partial charge < -0.3 is 0 Å². The van der Waals surface area contributed by atoms with Crippen LogP contribution < -0.4 is 0 Å². The third kappa shape index (κ3) is 1.78. The SMILES string of the molecule is [CH2]c1cccc(-c2c[c]ccc2)c1. The largest absolute Gasteiger partial charge is 0.0614 e. The summed E-state index contributed by atoms with van der Waals surface area (Å²) < 4.78 is 0. The quantitative estimate of drug-likeness (QED) is 0.609. The van der Waals surface area contributed by atoms with Crippen molar-refractivity contribution in [2.75, 3.05) is 0 Å². The molecule has 0 saturated heterocycles. The van der Waals surface area contributed by atoms with Crippen LogP contribution in [0.4, 0.5) is 0 Å². The maximum Gasteiger partial charge on any atom is -0.0178 e. The van der Waals surface area contributed by atoms with Crippen LogP contribution in [0.15, 0.2) is 48.5 Å². The van der Waals surface area contributed by atoms with Crippen LogP contribution in [0.1, 0.15) is 5.56 Å². The second-order valence-electron chi connectivity index (χ2n) is 2.99. The fourth-order valence-corrected chi connectivity index (χ4v) is 1.32. The van der Waals surface area contributed by atoms with Crippen molar-refractivity contribution in [3.63, 3.8) is 0 Å². The van der Waals surface area contributed by atoms with E-state index in [1.54, 1.807) is 0 Å². The third-order valence-corrected chi connectivity index (χ3v) is 1.97. The molecule has 2 radical (unpaired) electrons. The molecule has 0 heteroatoms. The summed E-state index contributed by atoms with van der Waals surface area (Å²) >= 11 is 0. The normalized spacial score (nSPS) is 9.92. The Kier molecular flexibility index (Phi) is 2.13. The monoisotopic (exact) mass is 166 g/mol. The van der Waals surface area contributed by atoms with Gasteiger partial charge in [-0.15, -0.1) is 0 Å². The van der Waals surface area contributed by atoms with Crippen LogP contribution in [-0.2, 0) is 0 Å². The first-order chi connectivity index (χ1) is 6.36. The Hall–Kier alpha value is -1.56. The van der Waals surface area contributed by atoms with E-state index in [1.807, 2.05) is 30.3 Å². The molecule has 0 heterocycles. The predicted molar refractivity (Wildman–Crippen MR) is 55.2 cm³/mol. The van der Waals surface area contributed by atoms with Gasteiger partial charge >= 0.3 is 0 Å². The van der Waals surface area contributed by atoms with Gasteiger partial charge in [0.25, 0.3) is 0 Å². The number of hydrogen-bond acceptors (Lipinski definition) is 0. The molecule has 0 atom stereocenters. The molecule has 13 heavy (non-hydrogen) atoms. The second-order valence-corrected chi connectivity index (χ2v) is 2.99. The fraction of sp³-hybridized carbons (Fsp3) is 0. The van der Waals surface area contributed by atoms with Gasteiger partial charge in [-0.1, -0.05) is 42.5 Å². The zero-order valence-electron chi connectivity index (χ0n) is 7.33. The van der Waals surface area contributed by atoms with Gasteiger partial charge in [0, 0.05) is 0 Å². The van der Waals surface area contributed by atoms with Crippen molar-refractivity contribution < 1.29 is 0 Å². The average molecular weight is 166 g/mol. The summed E-state index contributed by atoms with van der Waals surface area (Å²) in [7, 11) is 0. The lowest BCUT2D eigenvalue weighted by Crippen LogP contribution is -1.77. The van der Waals surface area contributed by atoms with E-state index in [2.05, 4.69) is 31.2 Å². The van der Waals surface area contributed by atoms with Crippen molar-refractivity contribution in [3.8, 4) is 11.1 Å².